The fourth-order valence-electron chi connectivity index (χ4n) is 3.93. The fraction of sp³-hybridized carbons (Fsp3) is 0.476. The fourth-order valence-corrected chi connectivity index (χ4v) is 5.68. The van der Waals surface area contributed by atoms with E-state index < -0.39 is 76.8 Å². The SMILES string of the molecule is C[C@@H]1[C@H](CNC(=O)[C@H]2C[C@H]2F)Oc2ccc(NC(=O)O)cc2N1S(=O)(=O)c1cn(C(F)F)nc1OCCO. The highest BCUT2D eigenvalue weighted by Crippen LogP contribution is 2.43. The van der Waals surface area contributed by atoms with Crippen molar-refractivity contribution in [3.05, 3.63) is 24.4 Å². The summed E-state index contributed by atoms with van der Waals surface area (Å²) in [5.74, 6) is -2.06. The van der Waals surface area contributed by atoms with Gasteiger partial charge in [0.25, 0.3) is 15.9 Å². The van der Waals surface area contributed by atoms with Gasteiger partial charge in [-0.2, -0.15) is 8.78 Å². The molecule has 4 N–H and O–H groups in total. The van der Waals surface area contributed by atoms with Gasteiger partial charge in [-0.05, 0) is 31.5 Å². The third kappa shape index (κ3) is 5.42. The van der Waals surface area contributed by atoms with E-state index in [1.807, 2.05) is 0 Å². The third-order valence-electron chi connectivity index (χ3n) is 5.89. The van der Waals surface area contributed by atoms with Crippen LogP contribution in [0.2, 0.25) is 0 Å². The van der Waals surface area contributed by atoms with Crippen LogP contribution in [0.15, 0.2) is 29.3 Å². The molecule has 1 aliphatic carbocycles. The molecule has 2 heterocycles. The molecule has 0 radical (unpaired) electrons. The standard InChI is InChI=1S/C21H24F3N5O8S/c1-10-16(8-25-18(31)12-7-13(12)22)37-15-3-2-11(26-21(32)33)6-14(15)29(10)38(34,35)17-9-28(20(23)24)27-19(17)36-5-4-30/h2-3,6,9-10,12-13,16,20,26,30H,4-5,7-8H2,1H3,(H,25,31)(H,32,33)/t10-,12+,13-,16+/m1/s1. The molecule has 1 aromatic heterocycles. The molecule has 2 aliphatic rings. The Bertz CT molecular complexity index is 1320. The minimum Gasteiger partial charge on any atom is -0.484 e. The summed E-state index contributed by atoms with van der Waals surface area (Å²) in [6.45, 7) is -2.98. The van der Waals surface area contributed by atoms with Gasteiger partial charge in [0.05, 0.1) is 37.0 Å². The summed E-state index contributed by atoms with van der Waals surface area (Å²) in [4.78, 5) is 22.5. The van der Waals surface area contributed by atoms with E-state index in [1.165, 1.54) is 25.1 Å². The van der Waals surface area contributed by atoms with Gasteiger partial charge in [0, 0.05) is 5.69 Å². The maximum Gasteiger partial charge on any atom is 0.409 e. The van der Waals surface area contributed by atoms with Crippen molar-refractivity contribution in [3.8, 4) is 11.6 Å². The summed E-state index contributed by atoms with van der Waals surface area (Å²) in [5.41, 5.74) is -0.142. The number of rotatable bonds is 10. The predicted octanol–water partition coefficient (Wildman–Crippen LogP) is 1.56. The first-order valence-corrected chi connectivity index (χ1v) is 12.8. The number of halogens is 3. The van der Waals surface area contributed by atoms with Crippen LogP contribution < -0.4 is 24.4 Å². The van der Waals surface area contributed by atoms with Crippen LogP contribution in [0.1, 0.15) is 19.9 Å². The van der Waals surface area contributed by atoms with E-state index in [0.29, 0.717) is 6.20 Å². The normalized spacial score (nSPS) is 22.4. The maximum atomic E-state index is 13.9. The molecule has 1 saturated carbocycles. The topological polar surface area (TPSA) is 172 Å². The van der Waals surface area contributed by atoms with Crippen LogP contribution in [0, 0.1) is 5.92 Å². The number of aromatic nitrogens is 2. The molecule has 208 valence electrons. The van der Waals surface area contributed by atoms with E-state index >= 15 is 0 Å². The second-order valence-corrected chi connectivity index (χ2v) is 10.3. The Hall–Kier alpha value is -3.73. The predicted molar refractivity (Wildman–Crippen MR) is 124 cm³/mol. The van der Waals surface area contributed by atoms with Crippen LogP contribution in [-0.4, -0.2) is 78.5 Å². The van der Waals surface area contributed by atoms with Crippen LogP contribution in [0.25, 0.3) is 0 Å². The number of fused-ring (bicyclic) bond motifs is 1. The van der Waals surface area contributed by atoms with Gasteiger partial charge >= 0.3 is 12.6 Å². The van der Waals surface area contributed by atoms with E-state index in [0.717, 1.165) is 4.31 Å². The Morgan fingerprint density at radius 1 is 1.34 bits per heavy atom. The molecule has 4 rings (SSSR count). The average molecular weight is 564 g/mol. The van der Waals surface area contributed by atoms with E-state index in [9.17, 15) is 31.2 Å². The summed E-state index contributed by atoms with van der Waals surface area (Å²) in [5, 5.41) is 26.2. The number of carbonyl (C=O) groups is 2. The van der Waals surface area contributed by atoms with Crippen molar-refractivity contribution in [2.75, 3.05) is 29.4 Å². The molecule has 17 heteroatoms. The molecule has 0 unspecified atom stereocenters. The van der Waals surface area contributed by atoms with E-state index in [1.54, 1.807) is 0 Å². The second kappa shape index (κ2) is 10.6. The minimum absolute atomic E-state index is 0.0123. The largest absolute Gasteiger partial charge is 0.484 e. The van der Waals surface area contributed by atoms with Crippen LogP contribution >= 0.6 is 0 Å². The number of anilines is 2. The highest BCUT2D eigenvalue weighted by Gasteiger charge is 2.46. The lowest BCUT2D eigenvalue weighted by Gasteiger charge is -2.41. The Balaban J connectivity index is 1.75. The van der Waals surface area contributed by atoms with Crippen LogP contribution in [0.4, 0.5) is 29.3 Å². The Kier molecular flexibility index (Phi) is 7.59. The van der Waals surface area contributed by atoms with Gasteiger partial charge in [0.2, 0.25) is 5.91 Å². The van der Waals surface area contributed by atoms with E-state index in [4.69, 9.17) is 19.7 Å². The second-order valence-electron chi connectivity index (χ2n) is 8.54. The highest BCUT2D eigenvalue weighted by atomic mass is 32.2. The number of aliphatic hydroxyl groups excluding tert-OH is 1. The number of nitrogens with one attached hydrogen (secondary N) is 2. The van der Waals surface area contributed by atoms with Gasteiger partial charge in [0.1, 0.15) is 24.6 Å². The molecule has 0 bridgehead atoms. The number of hydrogen-bond donors (Lipinski definition) is 4. The Morgan fingerprint density at radius 3 is 2.66 bits per heavy atom. The Morgan fingerprint density at radius 2 is 2.05 bits per heavy atom. The molecule has 1 aromatic carbocycles. The van der Waals surface area contributed by atoms with Crippen molar-refractivity contribution in [2.24, 2.45) is 5.92 Å². The molecule has 0 saturated heterocycles. The minimum atomic E-state index is -4.75. The lowest BCUT2D eigenvalue weighted by Crippen LogP contribution is -2.54. The summed E-state index contributed by atoms with van der Waals surface area (Å²) in [6.07, 6.45) is -3.03. The number of nitrogens with zero attached hydrogens (tertiary/aromatic N) is 3. The number of carbonyl (C=O) groups excluding carboxylic acids is 1. The van der Waals surface area contributed by atoms with Crippen molar-refractivity contribution in [2.45, 2.75) is 43.1 Å². The summed E-state index contributed by atoms with van der Waals surface area (Å²) >= 11 is 0. The van der Waals surface area contributed by atoms with Gasteiger partial charge in [-0.1, -0.05) is 0 Å². The molecule has 1 fully saturated rings. The van der Waals surface area contributed by atoms with Crippen molar-refractivity contribution in [1.29, 1.82) is 0 Å². The molecule has 4 atom stereocenters. The van der Waals surface area contributed by atoms with E-state index in [2.05, 4.69) is 15.7 Å². The number of ether oxygens (including phenoxy) is 2. The van der Waals surface area contributed by atoms with Gasteiger partial charge in [-0.15, -0.1) is 5.10 Å². The van der Waals surface area contributed by atoms with Crippen LogP contribution in [0.3, 0.4) is 0 Å². The van der Waals surface area contributed by atoms with Gasteiger partial charge in [-0.3, -0.25) is 14.4 Å². The lowest BCUT2D eigenvalue weighted by molar-refractivity contribution is -0.123. The van der Waals surface area contributed by atoms with Crippen LogP contribution in [-0.2, 0) is 14.8 Å². The molecular formula is C21H24F3N5O8S. The first-order valence-electron chi connectivity index (χ1n) is 11.3. The lowest BCUT2D eigenvalue weighted by atomic mass is 10.1. The van der Waals surface area contributed by atoms with E-state index in [-0.39, 0.29) is 34.8 Å². The smallest absolute Gasteiger partial charge is 0.409 e. The molecule has 2 aromatic rings. The molecule has 0 spiro atoms. The van der Waals surface area contributed by atoms with Crippen molar-refractivity contribution in [1.82, 2.24) is 15.1 Å². The van der Waals surface area contributed by atoms with Crippen molar-refractivity contribution >= 4 is 33.4 Å². The molecule has 2 amide bonds. The van der Waals surface area contributed by atoms with Gasteiger partial charge in [0.15, 0.2) is 4.90 Å². The number of hydrogen-bond acceptors (Lipinski definition) is 8. The highest BCUT2D eigenvalue weighted by molar-refractivity contribution is 7.93. The number of aliphatic hydroxyl groups is 1. The first-order chi connectivity index (χ1) is 17.9. The Labute approximate surface area is 214 Å². The monoisotopic (exact) mass is 563 g/mol. The maximum absolute atomic E-state index is 13.9. The number of carboxylic acid groups (broad SMARTS) is 1. The third-order valence-corrected chi connectivity index (χ3v) is 7.78. The molecule has 13 nitrogen and oxygen atoms in total. The summed E-state index contributed by atoms with van der Waals surface area (Å²) in [6, 6.07) is 2.70. The van der Waals surface area contributed by atoms with Crippen molar-refractivity contribution in [3.63, 3.8) is 0 Å². The number of alkyl halides is 3. The molecule has 38 heavy (non-hydrogen) atoms. The quantitative estimate of drug-likeness (QED) is 0.335. The first kappa shape index (κ1) is 27.3. The zero-order chi connectivity index (χ0) is 27.8. The van der Waals surface area contributed by atoms with Crippen molar-refractivity contribution < 1.29 is 50.9 Å². The van der Waals surface area contributed by atoms with Gasteiger partial charge in [-0.25, -0.2) is 22.3 Å². The van der Waals surface area contributed by atoms with Gasteiger partial charge < -0.3 is 25.0 Å². The average Bonchev–Trinajstić information content (AvgIpc) is 3.41. The zero-order valence-corrected chi connectivity index (χ0v) is 20.6. The summed E-state index contributed by atoms with van der Waals surface area (Å²) in [7, 11) is -4.75. The molecular weight excluding hydrogens is 539 g/mol. The molecule has 1 aliphatic heterocycles. The zero-order valence-electron chi connectivity index (χ0n) is 19.8. The number of amides is 2. The number of benzene rings is 1. The number of sulfonamides is 1. The van der Waals surface area contributed by atoms with Crippen LogP contribution in [0.5, 0.6) is 11.6 Å². The summed E-state index contributed by atoms with van der Waals surface area (Å²) < 4.78 is 79.7.